The molecule has 10 heteroatoms. The maximum Gasteiger partial charge on any atom is 0.287 e. The highest BCUT2D eigenvalue weighted by Crippen LogP contribution is 2.24. The molecule has 0 radical (unpaired) electrons. The quantitative estimate of drug-likeness (QED) is 0.619. The summed E-state index contributed by atoms with van der Waals surface area (Å²) in [6, 6.07) is 11.2. The Kier molecular flexibility index (Phi) is 5.61. The van der Waals surface area contributed by atoms with Crippen molar-refractivity contribution in [2.45, 2.75) is 25.0 Å². The summed E-state index contributed by atoms with van der Waals surface area (Å²) >= 11 is 0. The van der Waals surface area contributed by atoms with Crippen LogP contribution in [0.5, 0.6) is 0 Å². The zero-order chi connectivity index (χ0) is 20.3. The molecular weight excluding hydrogens is 384 g/mol. The van der Waals surface area contributed by atoms with Gasteiger partial charge in [0, 0.05) is 5.56 Å². The van der Waals surface area contributed by atoms with Crippen molar-refractivity contribution >= 4 is 15.9 Å². The molecule has 3 aromatic rings. The lowest BCUT2D eigenvalue weighted by atomic mass is 10.0. The highest BCUT2D eigenvalue weighted by atomic mass is 32.2. The molecule has 148 valence electrons. The van der Waals surface area contributed by atoms with Gasteiger partial charge in [0.25, 0.3) is 15.9 Å². The van der Waals surface area contributed by atoms with Crippen LogP contribution >= 0.6 is 0 Å². The van der Waals surface area contributed by atoms with Crippen molar-refractivity contribution in [2.24, 2.45) is 5.92 Å². The molecule has 0 fully saturated rings. The molecule has 28 heavy (non-hydrogen) atoms. The van der Waals surface area contributed by atoms with Crippen LogP contribution in [0.15, 0.2) is 56.5 Å². The van der Waals surface area contributed by atoms with E-state index in [2.05, 4.69) is 20.2 Å². The molecule has 0 bridgehead atoms. The Morgan fingerprint density at radius 2 is 1.82 bits per heavy atom. The molecule has 2 heterocycles. The van der Waals surface area contributed by atoms with Gasteiger partial charge in [-0.1, -0.05) is 49.3 Å². The first-order valence-corrected chi connectivity index (χ1v) is 10.0. The van der Waals surface area contributed by atoms with Gasteiger partial charge in [0.2, 0.25) is 16.8 Å². The number of carbonyl (C=O) groups excluding carboxylic acids is 1. The zero-order valence-electron chi connectivity index (χ0n) is 15.5. The van der Waals surface area contributed by atoms with Crippen LogP contribution in [0.1, 0.15) is 36.3 Å². The molecule has 0 aliphatic heterocycles. The fourth-order valence-electron chi connectivity index (χ4n) is 2.48. The zero-order valence-corrected chi connectivity index (χ0v) is 16.4. The largest absolute Gasteiger partial charge is 0.438 e. The van der Waals surface area contributed by atoms with Crippen LogP contribution in [0, 0.1) is 5.92 Å². The summed E-state index contributed by atoms with van der Waals surface area (Å²) in [5, 5.41) is 6.38. The maximum absolute atomic E-state index is 12.5. The summed E-state index contributed by atoms with van der Waals surface area (Å²) in [5.74, 6) is -0.130. The average Bonchev–Trinajstić information content (AvgIpc) is 3.36. The second-order valence-corrected chi connectivity index (χ2v) is 8.16. The first-order valence-electron chi connectivity index (χ1n) is 8.55. The summed E-state index contributed by atoms with van der Waals surface area (Å²) < 4.78 is 36.1. The SMILES string of the molecule is CNS(=O)(=O)c1ccc(C(=O)N[C@@H](c2nc(-c3ccccc3)no2)C(C)C)o1. The van der Waals surface area contributed by atoms with Gasteiger partial charge in [0.1, 0.15) is 6.04 Å². The number of hydrogen-bond donors (Lipinski definition) is 2. The van der Waals surface area contributed by atoms with Gasteiger partial charge in [-0.3, -0.25) is 4.79 Å². The van der Waals surface area contributed by atoms with E-state index in [9.17, 15) is 13.2 Å². The van der Waals surface area contributed by atoms with Crippen molar-refractivity contribution in [3.63, 3.8) is 0 Å². The Morgan fingerprint density at radius 3 is 2.46 bits per heavy atom. The lowest BCUT2D eigenvalue weighted by Crippen LogP contribution is -2.31. The lowest BCUT2D eigenvalue weighted by Gasteiger charge is -2.17. The number of amides is 1. The van der Waals surface area contributed by atoms with E-state index in [1.54, 1.807) is 0 Å². The van der Waals surface area contributed by atoms with Crippen LogP contribution in [-0.2, 0) is 10.0 Å². The maximum atomic E-state index is 12.5. The molecule has 0 aliphatic rings. The summed E-state index contributed by atoms with van der Waals surface area (Å²) in [6.07, 6.45) is 0. The minimum atomic E-state index is -3.77. The lowest BCUT2D eigenvalue weighted by molar-refractivity contribution is 0.0880. The second-order valence-electron chi connectivity index (χ2n) is 6.34. The van der Waals surface area contributed by atoms with Crippen molar-refractivity contribution in [1.29, 1.82) is 0 Å². The number of aromatic nitrogens is 2. The molecule has 1 atom stereocenters. The van der Waals surface area contributed by atoms with Gasteiger partial charge in [-0.15, -0.1) is 0 Å². The number of hydrogen-bond acceptors (Lipinski definition) is 7. The molecule has 0 saturated heterocycles. The summed E-state index contributed by atoms with van der Waals surface area (Å²) in [5.41, 5.74) is 0.791. The smallest absolute Gasteiger partial charge is 0.287 e. The van der Waals surface area contributed by atoms with Crippen LogP contribution in [0.2, 0.25) is 0 Å². The van der Waals surface area contributed by atoms with Crippen molar-refractivity contribution in [2.75, 3.05) is 7.05 Å². The Balaban J connectivity index is 1.81. The number of rotatable bonds is 7. The van der Waals surface area contributed by atoms with E-state index in [-0.39, 0.29) is 22.7 Å². The van der Waals surface area contributed by atoms with Crippen molar-refractivity contribution in [1.82, 2.24) is 20.2 Å². The van der Waals surface area contributed by atoms with Crippen LogP contribution in [0.3, 0.4) is 0 Å². The highest BCUT2D eigenvalue weighted by Gasteiger charge is 2.27. The molecule has 2 aromatic heterocycles. The van der Waals surface area contributed by atoms with Crippen LogP contribution < -0.4 is 10.0 Å². The summed E-state index contributed by atoms with van der Waals surface area (Å²) in [6.45, 7) is 3.77. The highest BCUT2D eigenvalue weighted by molar-refractivity contribution is 7.89. The molecule has 2 N–H and O–H groups in total. The Hall–Kier alpha value is -2.98. The minimum Gasteiger partial charge on any atom is -0.438 e. The predicted octanol–water partition coefficient (Wildman–Crippen LogP) is 2.36. The molecule has 9 nitrogen and oxygen atoms in total. The van der Waals surface area contributed by atoms with E-state index in [1.807, 2.05) is 44.2 Å². The number of sulfonamides is 1. The normalized spacial score (nSPS) is 12.9. The summed E-state index contributed by atoms with van der Waals surface area (Å²) in [4.78, 5) is 16.9. The van der Waals surface area contributed by atoms with E-state index in [0.717, 1.165) is 5.56 Å². The van der Waals surface area contributed by atoms with Gasteiger partial charge in [-0.05, 0) is 25.1 Å². The third-order valence-electron chi connectivity index (χ3n) is 4.03. The third kappa shape index (κ3) is 4.12. The van der Waals surface area contributed by atoms with E-state index < -0.39 is 22.0 Å². The van der Waals surface area contributed by atoms with Gasteiger partial charge in [0.15, 0.2) is 5.76 Å². The van der Waals surface area contributed by atoms with Crippen LogP contribution in [-0.4, -0.2) is 31.5 Å². The first-order chi connectivity index (χ1) is 13.3. The molecule has 3 rings (SSSR count). The van der Waals surface area contributed by atoms with Gasteiger partial charge in [-0.2, -0.15) is 4.98 Å². The van der Waals surface area contributed by atoms with E-state index in [1.165, 1.54) is 19.2 Å². The Labute approximate surface area is 162 Å². The second kappa shape index (κ2) is 7.95. The fraction of sp³-hybridized carbons (Fsp3) is 0.278. The first kappa shape index (κ1) is 19.8. The standard InChI is InChI=1S/C18H20N4O5S/c1-11(2)15(18-21-16(22-27-18)12-7-5-4-6-8-12)20-17(23)13-9-10-14(26-13)28(24,25)19-3/h4-11,15,19H,1-3H3,(H,20,23)/t15-/m1/s1. The van der Waals surface area contributed by atoms with Gasteiger partial charge < -0.3 is 14.3 Å². The molecule has 0 saturated carbocycles. The van der Waals surface area contributed by atoms with E-state index >= 15 is 0 Å². The van der Waals surface area contributed by atoms with Gasteiger partial charge in [0.05, 0.1) is 0 Å². The Bertz CT molecular complexity index is 1060. The number of benzene rings is 1. The molecule has 0 unspecified atom stereocenters. The molecule has 1 aromatic carbocycles. The number of carbonyl (C=O) groups is 1. The monoisotopic (exact) mass is 404 g/mol. The minimum absolute atomic E-state index is 0.0662. The van der Waals surface area contributed by atoms with E-state index in [4.69, 9.17) is 8.94 Å². The molecule has 0 spiro atoms. The Morgan fingerprint density at radius 1 is 1.11 bits per heavy atom. The molecular formula is C18H20N4O5S. The predicted molar refractivity (Wildman–Crippen MR) is 99.7 cm³/mol. The van der Waals surface area contributed by atoms with Crippen LogP contribution in [0.25, 0.3) is 11.4 Å². The van der Waals surface area contributed by atoms with Crippen LogP contribution in [0.4, 0.5) is 0 Å². The topological polar surface area (TPSA) is 127 Å². The van der Waals surface area contributed by atoms with E-state index in [0.29, 0.717) is 5.82 Å². The third-order valence-corrected chi connectivity index (χ3v) is 5.32. The number of nitrogens with one attached hydrogen (secondary N) is 2. The van der Waals surface area contributed by atoms with Crippen molar-refractivity contribution < 1.29 is 22.2 Å². The average molecular weight is 404 g/mol. The number of furan rings is 1. The van der Waals surface area contributed by atoms with Crippen molar-refractivity contribution in [3.8, 4) is 11.4 Å². The van der Waals surface area contributed by atoms with Gasteiger partial charge >= 0.3 is 0 Å². The molecule has 0 aliphatic carbocycles. The fourth-order valence-corrected chi connectivity index (χ4v) is 3.13. The van der Waals surface area contributed by atoms with Crippen molar-refractivity contribution in [3.05, 3.63) is 54.1 Å². The van der Waals surface area contributed by atoms with Gasteiger partial charge in [-0.25, -0.2) is 13.1 Å². The molecule has 1 amide bonds. The number of nitrogens with zero attached hydrogens (tertiary/aromatic N) is 2. The summed E-state index contributed by atoms with van der Waals surface area (Å²) in [7, 11) is -2.52.